The highest BCUT2D eigenvalue weighted by molar-refractivity contribution is 6.08. The van der Waals surface area contributed by atoms with Crippen LogP contribution in [0.1, 0.15) is 32.7 Å². The molecule has 0 aliphatic carbocycles. The fraction of sp³-hybridized carbons (Fsp3) is 0.400. The molecule has 0 radical (unpaired) electrons. The molecule has 0 unspecified atom stereocenters. The van der Waals surface area contributed by atoms with Crippen LogP contribution in [0.25, 0.3) is 0 Å². The number of ether oxygens (including phenoxy) is 1. The molecule has 1 heterocycles. The quantitative estimate of drug-likeness (QED) is 0.459. The predicted molar refractivity (Wildman–Crippen MR) is 131 cm³/mol. The second kappa shape index (κ2) is 12.2. The highest BCUT2D eigenvalue weighted by Gasteiger charge is 2.21. The summed E-state index contributed by atoms with van der Waals surface area (Å²) in [5, 5.41) is 15.3. The minimum absolute atomic E-state index is 0.00794. The minimum Gasteiger partial charge on any atom is -0.478 e. The van der Waals surface area contributed by atoms with Gasteiger partial charge in [0.15, 0.2) is 0 Å². The normalized spacial score (nSPS) is 14.0. The van der Waals surface area contributed by atoms with Crippen LogP contribution in [0.5, 0.6) is 0 Å². The molecule has 3 N–H and O–H groups in total. The molecule has 9 heteroatoms. The molecule has 3 rings (SSSR count). The lowest BCUT2D eigenvalue weighted by molar-refractivity contribution is -0.122. The maximum absolute atomic E-state index is 12.6. The summed E-state index contributed by atoms with van der Waals surface area (Å²) in [7, 11) is 1.63. The molecular formula is C25H32N4O5. The number of amides is 2. The zero-order valence-corrected chi connectivity index (χ0v) is 19.7. The molecule has 0 aromatic heterocycles. The molecule has 1 aliphatic rings. The van der Waals surface area contributed by atoms with Gasteiger partial charge in [-0.1, -0.05) is 17.7 Å². The van der Waals surface area contributed by atoms with Crippen LogP contribution in [0.4, 0.5) is 11.4 Å². The van der Waals surface area contributed by atoms with Gasteiger partial charge < -0.3 is 25.4 Å². The highest BCUT2D eigenvalue weighted by Crippen LogP contribution is 2.25. The van der Waals surface area contributed by atoms with E-state index in [0.29, 0.717) is 51.4 Å². The van der Waals surface area contributed by atoms with Crippen LogP contribution >= 0.6 is 0 Å². The van der Waals surface area contributed by atoms with Crippen LogP contribution < -0.4 is 15.5 Å². The fourth-order valence-electron chi connectivity index (χ4n) is 3.86. The van der Waals surface area contributed by atoms with Crippen molar-refractivity contribution in [2.75, 3.05) is 63.2 Å². The molecular weight excluding hydrogens is 436 g/mol. The lowest BCUT2D eigenvalue weighted by atomic mass is 10.1. The van der Waals surface area contributed by atoms with Crippen molar-refractivity contribution in [3.63, 3.8) is 0 Å². The number of carbonyl (C=O) groups excluding carboxylic acids is 2. The van der Waals surface area contributed by atoms with E-state index in [9.17, 15) is 19.5 Å². The first-order chi connectivity index (χ1) is 16.4. The number of carbonyl (C=O) groups is 3. The van der Waals surface area contributed by atoms with E-state index in [4.69, 9.17) is 4.74 Å². The van der Waals surface area contributed by atoms with Gasteiger partial charge in [-0.25, -0.2) is 4.79 Å². The van der Waals surface area contributed by atoms with E-state index in [-0.39, 0.29) is 23.1 Å². The third-order valence-corrected chi connectivity index (χ3v) is 5.71. The minimum atomic E-state index is -1.11. The topological polar surface area (TPSA) is 111 Å². The van der Waals surface area contributed by atoms with E-state index in [1.165, 1.54) is 0 Å². The van der Waals surface area contributed by atoms with Crippen molar-refractivity contribution in [1.29, 1.82) is 0 Å². The van der Waals surface area contributed by atoms with Crippen molar-refractivity contribution >= 4 is 29.2 Å². The van der Waals surface area contributed by atoms with Crippen LogP contribution in [0.2, 0.25) is 0 Å². The number of nitrogens with one attached hydrogen (secondary N) is 2. The number of aryl methyl sites for hydroxylation is 1. The first-order valence-electron chi connectivity index (χ1n) is 11.4. The summed E-state index contributed by atoms with van der Waals surface area (Å²) in [5.74, 6) is -1.47. The van der Waals surface area contributed by atoms with Crippen LogP contribution in [-0.2, 0) is 9.53 Å². The van der Waals surface area contributed by atoms with Crippen LogP contribution in [0.3, 0.4) is 0 Å². The van der Waals surface area contributed by atoms with Gasteiger partial charge in [-0.2, -0.15) is 0 Å². The average Bonchev–Trinajstić information content (AvgIpc) is 2.82. The highest BCUT2D eigenvalue weighted by atomic mass is 16.5. The molecule has 2 amide bonds. The number of methoxy groups -OCH3 is 1. The van der Waals surface area contributed by atoms with E-state index in [1.807, 2.05) is 19.1 Å². The lowest BCUT2D eigenvalue weighted by Crippen LogP contribution is -2.49. The number of piperazine rings is 1. The third-order valence-electron chi connectivity index (χ3n) is 5.71. The van der Waals surface area contributed by atoms with Crippen molar-refractivity contribution in [2.24, 2.45) is 0 Å². The maximum Gasteiger partial charge on any atom is 0.337 e. The Kier molecular flexibility index (Phi) is 9.00. The second-order valence-electron chi connectivity index (χ2n) is 8.32. The van der Waals surface area contributed by atoms with Crippen LogP contribution in [0, 0.1) is 6.92 Å². The van der Waals surface area contributed by atoms with E-state index in [1.54, 1.807) is 37.4 Å². The zero-order chi connectivity index (χ0) is 24.5. The zero-order valence-electron chi connectivity index (χ0n) is 19.7. The lowest BCUT2D eigenvalue weighted by Gasteiger charge is -2.36. The fourth-order valence-corrected chi connectivity index (χ4v) is 3.86. The molecule has 182 valence electrons. The molecule has 1 saturated heterocycles. The number of hydrogen-bond donors (Lipinski definition) is 3. The van der Waals surface area contributed by atoms with Gasteiger partial charge in [-0.15, -0.1) is 0 Å². The Hall–Kier alpha value is -3.43. The smallest absolute Gasteiger partial charge is 0.337 e. The molecule has 9 nitrogen and oxygen atoms in total. The van der Waals surface area contributed by atoms with Crippen molar-refractivity contribution < 1.29 is 24.2 Å². The van der Waals surface area contributed by atoms with Crippen LogP contribution in [0.15, 0.2) is 42.5 Å². The van der Waals surface area contributed by atoms with Gasteiger partial charge in [0.1, 0.15) is 0 Å². The Bertz CT molecular complexity index is 1020. The van der Waals surface area contributed by atoms with Crippen molar-refractivity contribution in [3.8, 4) is 0 Å². The van der Waals surface area contributed by atoms with Gasteiger partial charge in [0.05, 0.1) is 17.8 Å². The van der Waals surface area contributed by atoms with Crippen molar-refractivity contribution in [2.45, 2.75) is 13.3 Å². The van der Waals surface area contributed by atoms with E-state index in [0.717, 1.165) is 17.7 Å². The Morgan fingerprint density at radius 1 is 1.06 bits per heavy atom. The molecule has 0 atom stereocenters. The average molecular weight is 469 g/mol. The van der Waals surface area contributed by atoms with Gasteiger partial charge in [0.25, 0.3) is 5.91 Å². The van der Waals surface area contributed by atoms with Gasteiger partial charge in [0.2, 0.25) is 5.91 Å². The largest absolute Gasteiger partial charge is 0.478 e. The summed E-state index contributed by atoms with van der Waals surface area (Å²) in [6.45, 7) is 6.17. The van der Waals surface area contributed by atoms with Gasteiger partial charge in [-0.05, 0) is 43.7 Å². The molecule has 34 heavy (non-hydrogen) atoms. The van der Waals surface area contributed by atoms with Crippen molar-refractivity contribution in [1.82, 2.24) is 10.2 Å². The Labute approximate surface area is 199 Å². The number of hydrogen-bond acceptors (Lipinski definition) is 6. The molecule has 2 aromatic carbocycles. The van der Waals surface area contributed by atoms with Gasteiger partial charge >= 0.3 is 5.97 Å². The van der Waals surface area contributed by atoms with E-state index >= 15 is 0 Å². The van der Waals surface area contributed by atoms with Crippen molar-refractivity contribution in [3.05, 3.63) is 59.2 Å². The molecule has 1 fully saturated rings. The van der Waals surface area contributed by atoms with E-state index in [2.05, 4.69) is 20.4 Å². The Morgan fingerprint density at radius 2 is 1.82 bits per heavy atom. The number of carboxylic acid groups (broad SMARTS) is 1. The SMILES string of the molecule is COCCCNC(=O)CN1CCN(c2ccc(NC(=O)c3cccc(C)c3)c(C(=O)O)c2)CC1. The first kappa shape index (κ1) is 25.2. The number of rotatable bonds is 10. The van der Waals surface area contributed by atoms with Crippen LogP contribution in [-0.4, -0.2) is 80.8 Å². The number of nitrogens with zero attached hydrogens (tertiary/aromatic N) is 2. The molecule has 0 bridgehead atoms. The Balaban J connectivity index is 1.58. The summed E-state index contributed by atoms with van der Waals surface area (Å²) in [4.78, 5) is 40.7. The number of benzene rings is 2. The predicted octanol–water partition coefficient (Wildman–Crippen LogP) is 2.22. The second-order valence-corrected chi connectivity index (χ2v) is 8.32. The number of carboxylic acids is 1. The number of aromatic carboxylic acids is 1. The maximum atomic E-state index is 12.6. The Morgan fingerprint density at radius 3 is 2.50 bits per heavy atom. The van der Waals surface area contributed by atoms with E-state index < -0.39 is 5.97 Å². The monoisotopic (exact) mass is 468 g/mol. The molecule has 2 aromatic rings. The summed E-state index contributed by atoms with van der Waals surface area (Å²) in [6.07, 6.45) is 0.781. The molecule has 0 saturated carbocycles. The summed E-state index contributed by atoms with van der Waals surface area (Å²) in [5.41, 5.74) is 2.49. The summed E-state index contributed by atoms with van der Waals surface area (Å²) < 4.78 is 4.98. The molecule has 0 spiro atoms. The first-order valence-corrected chi connectivity index (χ1v) is 11.4. The third kappa shape index (κ3) is 7.03. The summed E-state index contributed by atoms with van der Waals surface area (Å²) >= 11 is 0. The molecule has 1 aliphatic heterocycles. The summed E-state index contributed by atoms with van der Waals surface area (Å²) in [6, 6.07) is 12.2. The number of anilines is 2. The van der Waals surface area contributed by atoms with Gasteiger partial charge in [-0.3, -0.25) is 14.5 Å². The van der Waals surface area contributed by atoms with Gasteiger partial charge in [0, 0.05) is 57.7 Å². The standard InChI is InChI=1S/C25H32N4O5/c1-18-5-3-6-19(15-18)24(31)27-22-8-7-20(16-21(22)25(32)33)29-12-10-28(11-13-29)17-23(30)26-9-4-14-34-2/h3,5-8,15-16H,4,9-14,17H2,1-2H3,(H,26,30)(H,27,31)(H,32,33).